The summed E-state index contributed by atoms with van der Waals surface area (Å²) in [7, 11) is 0. The van der Waals surface area contributed by atoms with Crippen molar-refractivity contribution in [1.29, 1.82) is 0 Å². The van der Waals surface area contributed by atoms with Crippen molar-refractivity contribution in [3.05, 3.63) is 33.2 Å². The van der Waals surface area contributed by atoms with Crippen molar-refractivity contribution in [1.82, 2.24) is 20.5 Å². The molecular weight excluding hydrogens is 300 g/mol. The fraction of sp³-hybridized carbons (Fsp3) is 0.467. The summed E-state index contributed by atoms with van der Waals surface area (Å²) in [6.07, 6.45) is 0. The van der Waals surface area contributed by atoms with Crippen molar-refractivity contribution < 1.29 is 14.4 Å². The van der Waals surface area contributed by atoms with Gasteiger partial charge in [-0.2, -0.15) is 0 Å². The van der Waals surface area contributed by atoms with Crippen molar-refractivity contribution >= 4 is 17.8 Å². The molecule has 0 radical (unpaired) electrons. The molecule has 124 valence electrons. The minimum absolute atomic E-state index is 0.0350. The highest BCUT2D eigenvalue weighted by Gasteiger charge is 2.44. The minimum Gasteiger partial charge on any atom is -0.350 e. The number of carbonyl (C=O) groups excluding carboxylic acids is 3. The Hall–Kier alpha value is -2.64. The molecule has 1 saturated heterocycles. The number of imide groups is 1. The van der Waals surface area contributed by atoms with Gasteiger partial charge in [0.1, 0.15) is 12.1 Å². The van der Waals surface area contributed by atoms with Crippen molar-refractivity contribution in [2.45, 2.75) is 39.8 Å². The molecule has 3 N–H and O–H groups in total. The van der Waals surface area contributed by atoms with Gasteiger partial charge < -0.3 is 15.6 Å². The molecule has 1 aliphatic rings. The molecule has 0 spiro atoms. The van der Waals surface area contributed by atoms with Gasteiger partial charge in [0.15, 0.2) is 0 Å². The minimum atomic E-state index is -1.01. The van der Waals surface area contributed by atoms with E-state index in [-0.39, 0.29) is 18.6 Å². The molecule has 8 nitrogen and oxygen atoms in total. The van der Waals surface area contributed by atoms with E-state index in [2.05, 4.69) is 15.6 Å². The number of hydrogen-bond donors (Lipinski definition) is 3. The Morgan fingerprint density at radius 2 is 1.91 bits per heavy atom. The Bertz CT molecular complexity index is 735. The summed E-state index contributed by atoms with van der Waals surface area (Å²) in [6.45, 7) is 6.35. The predicted octanol–water partition coefficient (Wildman–Crippen LogP) is -0.0617. The van der Waals surface area contributed by atoms with Gasteiger partial charge in [-0.25, -0.2) is 4.79 Å². The number of aromatic nitrogens is 1. The number of nitrogens with zero attached hydrogens (tertiary/aromatic N) is 1. The molecule has 2 rings (SSSR count). The van der Waals surface area contributed by atoms with Crippen LogP contribution in [-0.4, -0.2) is 39.8 Å². The fourth-order valence-corrected chi connectivity index (χ4v) is 2.45. The first-order valence-electron chi connectivity index (χ1n) is 7.22. The molecule has 0 saturated carbocycles. The summed E-state index contributed by atoms with van der Waals surface area (Å²) in [4.78, 5) is 51.1. The summed E-state index contributed by atoms with van der Waals surface area (Å²) in [5.74, 6) is -0.965. The summed E-state index contributed by atoms with van der Waals surface area (Å²) >= 11 is 0. The van der Waals surface area contributed by atoms with Gasteiger partial charge in [0.25, 0.3) is 11.5 Å². The van der Waals surface area contributed by atoms with E-state index in [9.17, 15) is 19.2 Å². The Kier molecular flexibility index (Phi) is 4.26. The first kappa shape index (κ1) is 16.7. The van der Waals surface area contributed by atoms with Crippen LogP contribution in [0.4, 0.5) is 4.79 Å². The molecule has 23 heavy (non-hydrogen) atoms. The number of nitrogens with one attached hydrogen (secondary N) is 3. The maximum absolute atomic E-state index is 12.0. The number of aromatic amines is 1. The molecule has 0 unspecified atom stereocenters. The van der Waals surface area contributed by atoms with E-state index in [1.807, 2.05) is 6.07 Å². The van der Waals surface area contributed by atoms with Crippen LogP contribution >= 0.6 is 0 Å². The van der Waals surface area contributed by atoms with Crippen molar-refractivity contribution in [2.75, 3.05) is 6.54 Å². The second-order valence-corrected chi connectivity index (χ2v) is 6.17. The Balaban J connectivity index is 2.01. The molecule has 4 amide bonds. The topological polar surface area (TPSA) is 111 Å². The summed E-state index contributed by atoms with van der Waals surface area (Å²) in [5.41, 5.74) is 0.675. The van der Waals surface area contributed by atoms with Gasteiger partial charge in [0.2, 0.25) is 5.91 Å². The van der Waals surface area contributed by atoms with Gasteiger partial charge in [-0.1, -0.05) is 0 Å². The average Bonchev–Trinajstić information content (AvgIpc) is 2.59. The molecule has 0 bridgehead atoms. The molecule has 8 heteroatoms. The van der Waals surface area contributed by atoms with Crippen LogP contribution in [0.2, 0.25) is 0 Å². The SMILES string of the molecule is Cc1cc(C)c(CNC(=O)CN2C(=O)NC(C)(C)C2=O)c(=O)[nH]1. The van der Waals surface area contributed by atoms with Gasteiger partial charge in [0, 0.05) is 17.8 Å². The zero-order valence-electron chi connectivity index (χ0n) is 13.6. The third kappa shape index (κ3) is 3.41. The third-order valence-corrected chi connectivity index (χ3v) is 3.70. The zero-order chi connectivity index (χ0) is 17.4. The van der Waals surface area contributed by atoms with Gasteiger partial charge in [-0.3, -0.25) is 19.3 Å². The van der Waals surface area contributed by atoms with Gasteiger partial charge in [-0.15, -0.1) is 0 Å². The summed E-state index contributed by atoms with van der Waals surface area (Å²) < 4.78 is 0. The number of H-pyrrole nitrogens is 1. The van der Waals surface area contributed by atoms with Gasteiger partial charge >= 0.3 is 6.03 Å². The second kappa shape index (κ2) is 5.86. The fourth-order valence-electron chi connectivity index (χ4n) is 2.45. The molecule has 0 atom stereocenters. The van der Waals surface area contributed by atoms with E-state index >= 15 is 0 Å². The molecule has 1 aromatic heterocycles. The monoisotopic (exact) mass is 320 g/mol. The third-order valence-electron chi connectivity index (χ3n) is 3.70. The number of carbonyl (C=O) groups is 3. The van der Waals surface area contributed by atoms with Crippen molar-refractivity contribution in [3.63, 3.8) is 0 Å². The number of aryl methyl sites for hydroxylation is 2. The zero-order valence-corrected chi connectivity index (χ0v) is 13.6. The van der Waals surface area contributed by atoms with Crippen molar-refractivity contribution in [2.24, 2.45) is 0 Å². The molecule has 2 heterocycles. The van der Waals surface area contributed by atoms with Crippen LogP contribution in [0, 0.1) is 13.8 Å². The molecule has 0 aromatic carbocycles. The first-order chi connectivity index (χ1) is 10.6. The number of hydrogen-bond acceptors (Lipinski definition) is 4. The van der Waals surface area contributed by atoms with Crippen LogP contribution < -0.4 is 16.2 Å². The molecule has 1 aromatic rings. The van der Waals surface area contributed by atoms with E-state index < -0.39 is 23.4 Å². The van der Waals surface area contributed by atoms with Gasteiger partial charge in [-0.05, 0) is 39.3 Å². The van der Waals surface area contributed by atoms with E-state index in [4.69, 9.17) is 0 Å². The van der Waals surface area contributed by atoms with Crippen LogP contribution in [0.1, 0.15) is 30.7 Å². The molecule has 1 fully saturated rings. The summed E-state index contributed by atoms with van der Waals surface area (Å²) in [5, 5.41) is 5.06. The maximum Gasteiger partial charge on any atom is 0.325 e. The summed E-state index contributed by atoms with van der Waals surface area (Å²) in [6, 6.07) is 1.21. The van der Waals surface area contributed by atoms with Gasteiger partial charge in [0.05, 0.1) is 0 Å². The van der Waals surface area contributed by atoms with Crippen LogP contribution in [0.15, 0.2) is 10.9 Å². The van der Waals surface area contributed by atoms with Crippen LogP contribution in [0.5, 0.6) is 0 Å². The highest BCUT2D eigenvalue weighted by Crippen LogP contribution is 2.15. The highest BCUT2D eigenvalue weighted by atomic mass is 16.2. The Morgan fingerprint density at radius 3 is 2.43 bits per heavy atom. The quantitative estimate of drug-likeness (QED) is 0.675. The van der Waals surface area contributed by atoms with Crippen LogP contribution in [0.3, 0.4) is 0 Å². The lowest BCUT2D eigenvalue weighted by atomic mass is 10.1. The van der Waals surface area contributed by atoms with Crippen LogP contribution in [0.25, 0.3) is 0 Å². The second-order valence-electron chi connectivity index (χ2n) is 6.17. The molecular formula is C15H20N4O4. The number of urea groups is 1. The number of rotatable bonds is 4. The maximum atomic E-state index is 12.0. The van der Waals surface area contributed by atoms with E-state index in [1.54, 1.807) is 27.7 Å². The van der Waals surface area contributed by atoms with Crippen LogP contribution in [-0.2, 0) is 16.1 Å². The predicted molar refractivity (Wildman–Crippen MR) is 82.7 cm³/mol. The first-order valence-corrected chi connectivity index (χ1v) is 7.22. The number of amides is 4. The Labute approximate surface area is 133 Å². The molecule has 1 aliphatic heterocycles. The van der Waals surface area contributed by atoms with E-state index in [1.165, 1.54) is 0 Å². The average molecular weight is 320 g/mol. The largest absolute Gasteiger partial charge is 0.350 e. The Morgan fingerprint density at radius 1 is 1.26 bits per heavy atom. The van der Waals surface area contributed by atoms with E-state index in [0.717, 1.165) is 16.2 Å². The smallest absolute Gasteiger partial charge is 0.325 e. The lowest BCUT2D eigenvalue weighted by Crippen LogP contribution is -2.43. The normalized spacial score (nSPS) is 16.4. The van der Waals surface area contributed by atoms with E-state index in [0.29, 0.717) is 5.56 Å². The van der Waals surface area contributed by atoms with Crippen molar-refractivity contribution in [3.8, 4) is 0 Å². The highest BCUT2D eigenvalue weighted by molar-refractivity contribution is 6.08. The molecule has 0 aliphatic carbocycles. The lowest BCUT2D eigenvalue weighted by Gasteiger charge is -2.15. The standard InChI is InChI=1S/C15H20N4O4/c1-8-5-9(2)17-12(21)10(8)6-16-11(20)7-19-13(22)15(3,4)18-14(19)23/h5H,6-7H2,1-4H3,(H,16,20)(H,17,21)(H,18,23). The number of pyridine rings is 1. The lowest BCUT2D eigenvalue weighted by molar-refractivity contribution is -0.134.